The van der Waals surface area contributed by atoms with Gasteiger partial charge in [-0.2, -0.15) is 5.10 Å². The highest BCUT2D eigenvalue weighted by Crippen LogP contribution is 2.21. The maximum Gasteiger partial charge on any atom is 0.360 e. The lowest BCUT2D eigenvalue weighted by Crippen LogP contribution is -2.45. The largest absolute Gasteiger partial charge is 0.466 e. The monoisotopic (exact) mass is 443 g/mol. The van der Waals surface area contributed by atoms with Gasteiger partial charge in [-0.15, -0.1) is 0 Å². The number of ether oxygens (including phenoxy) is 2. The first-order chi connectivity index (χ1) is 15.2. The second-order valence-corrected chi connectivity index (χ2v) is 8.14. The molecule has 1 saturated heterocycles. The summed E-state index contributed by atoms with van der Waals surface area (Å²) in [6, 6.07) is 6.45. The first-order valence-corrected chi connectivity index (χ1v) is 10.9. The van der Waals surface area contributed by atoms with Gasteiger partial charge in [-0.1, -0.05) is 18.2 Å². The molecule has 0 N–H and O–H groups in total. The third-order valence-electron chi connectivity index (χ3n) is 5.57. The van der Waals surface area contributed by atoms with Crippen LogP contribution in [0.2, 0.25) is 0 Å². The van der Waals surface area contributed by atoms with Crippen LogP contribution in [0, 0.1) is 5.92 Å². The number of piperidine rings is 1. The van der Waals surface area contributed by atoms with Gasteiger partial charge in [0.2, 0.25) is 0 Å². The van der Waals surface area contributed by atoms with Crippen molar-refractivity contribution in [2.45, 2.75) is 52.7 Å². The van der Waals surface area contributed by atoms with Gasteiger partial charge in [0.1, 0.15) is 0 Å². The van der Waals surface area contributed by atoms with Crippen molar-refractivity contribution in [3.63, 3.8) is 0 Å². The fourth-order valence-electron chi connectivity index (χ4n) is 3.83. The molecule has 0 radical (unpaired) electrons. The van der Waals surface area contributed by atoms with Crippen LogP contribution in [0.5, 0.6) is 0 Å². The number of nitrogens with zero attached hydrogens (tertiary/aromatic N) is 3. The van der Waals surface area contributed by atoms with Crippen molar-refractivity contribution in [1.29, 1.82) is 0 Å². The van der Waals surface area contributed by atoms with Crippen molar-refractivity contribution in [3.05, 3.63) is 40.3 Å². The number of rotatable bonds is 6. The standard InChI is InChI=1S/C23H29N3O6/c1-5-31-22(29)16-10-12-25(13-11-16)20(27)15(4)32-23(30)19-17-8-6-7-9-18(17)21(28)26(24-19)14(2)3/h6-9,14-16H,5,10-13H2,1-4H3/t15-/m1/s1. The Morgan fingerprint density at radius 3 is 2.31 bits per heavy atom. The Labute approximate surface area is 186 Å². The van der Waals surface area contributed by atoms with E-state index in [-0.39, 0.29) is 35.1 Å². The van der Waals surface area contributed by atoms with Gasteiger partial charge in [0.05, 0.1) is 24.0 Å². The van der Waals surface area contributed by atoms with E-state index in [0.717, 1.165) is 0 Å². The lowest BCUT2D eigenvalue weighted by Gasteiger charge is -2.32. The van der Waals surface area contributed by atoms with Crippen molar-refractivity contribution in [1.82, 2.24) is 14.7 Å². The average Bonchev–Trinajstić information content (AvgIpc) is 2.78. The van der Waals surface area contributed by atoms with E-state index in [2.05, 4.69) is 5.10 Å². The van der Waals surface area contributed by atoms with Crippen LogP contribution in [-0.4, -0.2) is 58.3 Å². The summed E-state index contributed by atoms with van der Waals surface area (Å²) in [7, 11) is 0. The minimum atomic E-state index is -1.03. The van der Waals surface area contributed by atoms with Crippen molar-refractivity contribution >= 4 is 28.6 Å². The minimum absolute atomic E-state index is 0.00503. The van der Waals surface area contributed by atoms with Crippen LogP contribution in [0.25, 0.3) is 10.8 Å². The van der Waals surface area contributed by atoms with Crippen LogP contribution in [0.3, 0.4) is 0 Å². The highest BCUT2D eigenvalue weighted by molar-refractivity contribution is 6.02. The SMILES string of the molecule is CCOC(=O)C1CCN(C(=O)[C@@H](C)OC(=O)c2nn(C(C)C)c(=O)c3ccccc23)CC1. The van der Waals surface area contributed by atoms with Crippen molar-refractivity contribution in [2.24, 2.45) is 5.92 Å². The zero-order valence-electron chi connectivity index (χ0n) is 18.9. The molecule has 0 spiro atoms. The molecule has 0 bridgehead atoms. The Morgan fingerprint density at radius 1 is 1.09 bits per heavy atom. The smallest absolute Gasteiger partial charge is 0.360 e. The summed E-state index contributed by atoms with van der Waals surface area (Å²) in [5, 5.41) is 4.97. The molecule has 9 heteroatoms. The number of carbonyl (C=O) groups is 3. The highest BCUT2D eigenvalue weighted by Gasteiger charge is 2.32. The molecular weight excluding hydrogens is 414 g/mol. The predicted octanol–water partition coefficient (Wildman–Crippen LogP) is 2.32. The lowest BCUT2D eigenvalue weighted by molar-refractivity contribution is -0.152. The molecule has 172 valence electrons. The van der Waals surface area contributed by atoms with Crippen LogP contribution < -0.4 is 5.56 Å². The third-order valence-corrected chi connectivity index (χ3v) is 5.57. The molecular formula is C23H29N3O6. The van der Waals surface area contributed by atoms with Crippen molar-refractivity contribution < 1.29 is 23.9 Å². The molecule has 1 fully saturated rings. The molecule has 9 nitrogen and oxygen atoms in total. The second kappa shape index (κ2) is 9.93. The van der Waals surface area contributed by atoms with Gasteiger partial charge in [-0.05, 0) is 46.6 Å². The summed E-state index contributed by atoms with van der Waals surface area (Å²) in [5.41, 5.74) is -0.296. The van der Waals surface area contributed by atoms with E-state index in [1.165, 1.54) is 11.6 Å². The zero-order valence-corrected chi connectivity index (χ0v) is 18.9. The van der Waals surface area contributed by atoms with E-state index >= 15 is 0 Å². The third kappa shape index (κ3) is 4.81. The quantitative estimate of drug-likeness (QED) is 0.631. The molecule has 3 rings (SSSR count). The number of likely N-dealkylation sites (tertiary alicyclic amines) is 1. The number of benzene rings is 1. The van der Waals surface area contributed by atoms with Gasteiger partial charge in [0.15, 0.2) is 11.8 Å². The van der Waals surface area contributed by atoms with E-state index < -0.39 is 12.1 Å². The molecule has 0 saturated carbocycles. The number of fused-ring (bicyclic) bond motifs is 1. The van der Waals surface area contributed by atoms with Crippen molar-refractivity contribution in [2.75, 3.05) is 19.7 Å². The first kappa shape index (κ1) is 23.4. The van der Waals surface area contributed by atoms with Crippen LogP contribution in [-0.2, 0) is 19.1 Å². The molecule has 32 heavy (non-hydrogen) atoms. The second-order valence-electron chi connectivity index (χ2n) is 8.14. The molecule has 1 aromatic carbocycles. The van der Waals surface area contributed by atoms with Gasteiger partial charge in [-0.25, -0.2) is 9.48 Å². The Kier molecular flexibility index (Phi) is 7.27. The van der Waals surface area contributed by atoms with E-state index in [1.54, 1.807) is 49.9 Å². The van der Waals surface area contributed by atoms with Gasteiger partial charge in [-0.3, -0.25) is 14.4 Å². The summed E-state index contributed by atoms with van der Waals surface area (Å²) in [6.07, 6.45) is -0.00487. The summed E-state index contributed by atoms with van der Waals surface area (Å²) in [4.78, 5) is 51.9. The highest BCUT2D eigenvalue weighted by atomic mass is 16.5. The molecule has 1 aliphatic rings. The Bertz CT molecular complexity index is 1070. The Morgan fingerprint density at radius 2 is 1.72 bits per heavy atom. The van der Waals surface area contributed by atoms with E-state index in [0.29, 0.717) is 43.3 Å². The summed E-state index contributed by atoms with van der Waals surface area (Å²) in [6.45, 7) is 7.98. The van der Waals surface area contributed by atoms with Crippen LogP contribution >= 0.6 is 0 Å². The number of aromatic nitrogens is 2. The topological polar surface area (TPSA) is 108 Å². The Balaban J connectivity index is 1.73. The van der Waals surface area contributed by atoms with E-state index in [1.807, 2.05) is 0 Å². The average molecular weight is 444 g/mol. The molecule has 2 heterocycles. The van der Waals surface area contributed by atoms with Crippen LogP contribution in [0.1, 0.15) is 57.1 Å². The molecule has 2 aromatic rings. The number of amides is 1. The summed E-state index contributed by atoms with van der Waals surface area (Å²) < 4.78 is 11.7. The van der Waals surface area contributed by atoms with Gasteiger partial charge < -0.3 is 14.4 Å². The molecule has 1 atom stereocenters. The summed E-state index contributed by atoms with van der Waals surface area (Å²) >= 11 is 0. The molecule has 1 aliphatic heterocycles. The van der Waals surface area contributed by atoms with E-state index in [4.69, 9.17) is 9.47 Å². The van der Waals surface area contributed by atoms with Gasteiger partial charge >= 0.3 is 11.9 Å². The lowest BCUT2D eigenvalue weighted by atomic mass is 9.97. The first-order valence-electron chi connectivity index (χ1n) is 10.9. The van der Waals surface area contributed by atoms with Crippen LogP contribution in [0.15, 0.2) is 29.1 Å². The number of carbonyl (C=O) groups excluding carboxylic acids is 3. The number of hydrogen-bond acceptors (Lipinski definition) is 7. The van der Waals surface area contributed by atoms with E-state index in [9.17, 15) is 19.2 Å². The fraction of sp³-hybridized carbons (Fsp3) is 0.522. The maximum atomic E-state index is 12.9. The number of hydrogen-bond donors (Lipinski definition) is 0. The Hall–Kier alpha value is -3.23. The zero-order chi connectivity index (χ0) is 23.4. The minimum Gasteiger partial charge on any atom is -0.466 e. The normalized spacial score (nSPS) is 15.6. The molecule has 1 amide bonds. The molecule has 0 unspecified atom stereocenters. The van der Waals surface area contributed by atoms with Crippen molar-refractivity contribution in [3.8, 4) is 0 Å². The molecule has 0 aliphatic carbocycles. The van der Waals surface area contributed by atoms with Gasteiger partial charge in [0, 0.05) is 18.5 Å². The van der Waals surface area contributed by atoms with Gasteiger partial charge in [0.25, 0.3) is 11.5 Å². The number of esters is 2. The van der Waals surface area contributed by atoms with Crippen LogP contribution in [0.4, 0.5) is 0 Å². The predicted molar refractivity (Wildman–Crippen MR) is 117 cm³/mol. The maximum absolute atomic E-state index is 12.9. The fourth-order valence-corrected chi connectivity index (χ4v) is 3.83. The molecule has 1 aromatic heterocycles. The summed E-state index contributed by atoms with van der Waals surface area (Å²) in [5.74, 6) is -1.55.